The third-order valence-corrected chi connectivity index (χ3v) is 5.90. The maximum atomic E-state index is 13.0. The zero-order valence-electron chi connectivity index (χ0n) is 21.3. The summed E-state index contributed by atoms with van der Waals surface area (Å²) in [5.41, 5.74) is 16.8. The molecule has 1 aromatic rings. The fraction of sp³-hybridized carbons (Fsp3) is 0.500. The first kappa shape index (κ1) is 31.8. The van der Waals surface area contributed by atoms with Crippen molar-refractivity contribution in [3.63, 3.8) is 0 Å². The molecule has 1 aromatic carbocycles. The number of carbonyl (C=O) groups excluding carboxylic acids is 5. The molecule has 14 nitrogen and oxygen atoms in total. The average molecular weight is 537 g/mol. The maximum Gasteiger partial charge on any atom is 0.326 e. The van der Waals surface area contributed by atoms with Gasteiger partial charge in [0.05, 0.1) is 12.5 Å². The molecule has 14 heteroatoms. The normalized spacial score (nSPS) is 14.7. The first-order chi connectivity index (χ1) is 17.7. The summed E-state index contributed by atoms with van der Waals surface area (Å²) in [7, 11) is 0. The van der Waals surface area contributed by atoms with E-state index >= 15 is 0 Å². The zero-order chi connectivity index (χ0) is 29.0. The molecule has 5 atom stereocenters. The molecule has 38 heavy (non-hydrogen) atoms. The third-order valence-electron chi connectivity index (χ3n) is 5.90. The fourth-order valence-electron chi connectivity index (χ4n) is 3.36. The summed E-state index contributed by atoms with van der Waals surface area (Å²) in [4.78, 5) is 73.1. The average Bonchev–Trinajstić information content (AvgIpc) is 2.85. The Balaban J connectivity index is 3.08. The van der Waals surface area contributed by atoms with Crippen LogP contribution in [-0.4, -0.2) is 69.9 Å². The molecule has 0 spiro atoms. The second-order valence-corrected chi connectivity index (χ2v) is 8.98. The molecule has 1 rings (SSSR count). The fourth-order valence-corrected chi connectivity index (χ4v) is 3.36. The predicted molar refractivity (Wildman–Crippen MR) is 135 cm³/mol. The Kier molecular flexibility index (Phi) is 12.7. The topological polar surface area (TPSA) is 257 Å². The van der Waals surface area contributed by atoms with Crippen molar-refractivity contribution in [3.05, 3.63) is 29.8 Å². The first-order valence-electron chi connectivity index (χ1n) is 12.0. The van der Waals surface area contributed by atoms with Gasteiger partial charge in [-0.3, -0.25) is 24.0 Å². The monoisotopic (exact) mass is 536 g/mol. The minimum absolute atomic E-state index is 0.0263. The van der Waals surface area contributed by atoms with E-state index in [0.29, 0.717) is 12.0 Å². The molecule has 210 valence electrons. The molecule has 0 aliphatic rings. The van der Waals surface area contributed by atoms with E-state index in [0.717, 1.165) is 0 Å². The van der Waals surface area contributed by atoms with Crippen LogP contribution < -0.4 is 33.2 Å². The number of phenolic OH excluding ortho intramolecular Hbond substituents is 1. The Bertz CT molecular complexity index is 1020. The van der Waals surface area contributed by atoms with Gasteiger partial charge in [0.2, 0.25) is 29.5 Å². The summed E-state index contributed by atoms with van der Waals surface area (Å²) < 4.78 is 0. The Morgan fingerprint density at radius 3 is 1.87 bits per heavy atom. The number of aliphatic carboxylic acids is 1. The van der Waals surface area contributed by atoms with Crippen molar-refractivity contribution in [1.82, 2.24) is 16.0 Å². The van der Waals surface area contributed by atoms with Crippen LogP contribution in [-0.2, 0) is 35.2 Å². The van der Waals surface area contributed by atoms with E-state index in [9.17, 15) is 39.0 Å². The van der Waals surface area contributed by atoms with Gasteiger partial charge in [-0.05, 0) is 30.0 Å². The number of benzene rings is 1. The van der Waals surface area contributed by atoms with Gasteiger partial charge >= 0.3 is 5.97 Å². The van der Waals surface area contributed by atoms with E-state index in [2.05, 4.69) is 16.0 Å². The Morgan fingerprint density at radius 2 is 1.37 bits per heavy atom. The van der Waals surface area contributed by atoms with Crippen LogP contribution in [0.4, 0.5) is 0 Å². The minimum Gasteiger partial charge on any atom is -0.508 e. The molecule has 0 aliphatic carbocycles. The van der Waals surface area contributed by atoms with Crippen molar-refractivity contribution in [2.24, 2.45) is 23.1 Å². The molecule has 0 heterocycles. The molecule has 11 N–H and O–H groups in total. The van der Waals surface area contributed by atoms with Crippen LogP contribution >= 0.6 is 0 Å². The molecular formula is C24H36N6O8. The van der Waals surface area contributed by atoms with Crippen LogP contribution in [0, 0.1) is 5.92 Å². The van der Waals surface area contributed by atoms with Gasteiger partial charge in [0.1, 0.15) is 23.9 Å². The number of rotatable bonds is 16. The highest BCUT2D eigenvalue weighted by Crippen LogP contribution is 2.12. The second-order valence-electron chi connectivity index (χ2n) is 8.98. The molecule has 0 bridgehead atoms. The van der Waals surface area contributed by atoms with Crippen molar-refractivity contribution in [2.75, 3.05) is 0 Å². The highest BCUT2D eigenvalue weighted by atomic mass is 16.4. The largest absolute Gasteiger partial charge is 0.508 e. The number of phenols is 1. The number of nitrogens with one attached hydrogen (secondary N) is 3. The maximum absolute atomic E-state index is 13.0. The van der Waals surface area contributed by atoms with Crippen LogP contribution in [0.3, 0.4) is 0 Å². The van der Waals surface area contributed by atoms with Gasteiger partial charge in [-0.1, -0.05) is 32.4 Å². The lowest BCUT2D eigenvalue weighted by atomic mass is 9.98. The van der Waals surface area contributed by atoms with Gasteiger partial charge in [0.25, 0.3) is 0 Å². The van der Waals surface area contributed by atoms with Crippen molar-refractivity contribution in [2.45, 2.75) is 70.1 Å². The molecule has 5 amide bonds. The van der Waals surface area contributed by atoms with Gasteiger partial charge in [-0.15, -0.1) is 0 Å². The van der Waals surface area contributed by atoms with Crippen LogP contribution in [0.1, 0.15) is 45.1 Å². The molecule has 0 fully saturated rings. The lowest BCUT2D eigenvalue weighted by Gasteiger charge is -2.25. The van der Waals surface area contributed by atoms with Crippen LogP contribution in [0.25, 0.3) is 0 Å². The number of primary amides is 2. The Labute approximate surface area is 219 Å². The Hall–Kier alpha value is -4.20. The number of nitrogens with two attached hydrogens (primary N) is 3. The van der Waals surface area contributed by atoms with Gasteiger partial charge in [0, 0.05) is 12.8 Å². The summed E-state index contributed by atoms with van der Waals surface area (Å²) in [6.07, 6.45) is -0.799. The zero-order valence-corrected chi connectivity index (χ0v) is 21.3. The summed E-state index contributed by atoms with van der Waals surface area (Å²) in [5.74, 6) is -5.94. The van der Waals surface area contributed by atoms with E-state index < -0.39 is 66.1 Å². The smallest absolute Gasteiger partial charge is 0.326 e. The van der Waals surface area contributed by atoms with Gasteiger partial charge in [0.15, 0.2) is 0 Å². The van der Waals surface area contributed by atoms with E-state index in [1.54, 1.807) is 6.92 Å². The lowest BCUT2D eigenvalue weighted by Crippen LogP contribution is -2.58. The molecule has 0 saturated carbocycles. The highest BCUT2D eigenvalue weighted by molar-refractivity contribution is 5.96. The SMILES string of the molecule is CCC(C)C(N)C(=O)NC(CC(N)=O)C(=O)NC(CCC(N)=O)C(=O)NC(Cc1ccc(O)cc1)C(=O)O. The third kappa shape index (κ3) is 10.8. The number of carboxylic acids is 1. The number of aromatic hydroxyl groups is 1. The highest BCUT2D eigenvalue weighted by Gasteiger charge is 2.32. The van der Waals surface area contributed by atoms with Gasteiger partial charge in [-0.2, -0.15) is 0 Å². The van der Waals surface area contributed by atoms with Crippen molar-refractivity contribution < 1.29 is 39.0 Å². The molecule has 0 radical (unpaired) electrons. The number of carbonyl (C=O) groups is 6. The van der Waals surface area contributed by atoms with Crippen molar-refractivity contribution >= 4 is 35.5 Å². The number of amides is 5. The predicted octanol–water partition coefficient (Wildman–Crippen LogP) is -2.01. The number of hydrogen-bond donors (Lipinski definition) is 8. The quantitative estimate of drug-likeness (QED) is 0.116. The molecular weight excluding hydrogens is 500 g/mol. The molecule has 0 saturated heterocycles. The van der Waals surface area contributed by atoms with Crippen LogP contribution in [0.5, 0.6) is 5.75 Å². The molecule has 0 aromatic heterocycles. The minimum atomic E-state index is -1.48. The van der Waals surface area contributed by atoms with Crippen molar-refractivity contribution in [3.8, 4) is 5.75 Å². The van der Waals surface area contributed by atoms with Gasteiger partial charge in [-0.25, -0.2) is 4.79 Å². The van der Waals surface area contributed by atoms with E-state index in [1.165, 1.54) is 24.3 Å². The molecule has 5 unspecified atom stereocenters. The number of carboxylic acid groups (broad SMARTS) is 1. The summed E-state index contributed by atoms with van der Waals surface area (Å²) in [5, 5.41) is 26.0. The summed E-state index contributed by atoms with van der Waals surface area (Å²) >= 11 is 0. The molecule has 0 aliphatic heterocycles. The Morgan fingerprint density at radius 1 is 0.842 bits per heavy atom. The second kappa shape index (κ2) is 15.1. The van der Waals surface area contributed by atoms with E-state index in [1.807, 2.05) is 6.92 Å². The first-order valence-corrected chi connectivity index (χ1v) is 12.0. The summed E-state index contributed by atoms with van der Waals surface area (Å²) in [6, 6.07) is 0.343. The van der Waals surface area contributed by atoms with E-state index in [4.69, 9.17) is 17.2 Å². The number of hydrogen-bond acceptors (Lipinski definition) is 8. The van der Waals surface area contributed by atoms with Crippen LogP contribution in [0.15, 0.2) is 24.3 Å². The van der Waals surface area contributed by atoms with Crippen LogP contribution in [0.2, 0.25) is 0 Å². The van der Waals surface area contributed by atoms with Crippen molar-refractivity contribution in [1.29, 1.82) is 0 Å². The standard InChI is InChI=1S/C24H36N6O8/c1-3-12(2)20(27)23(36)29-16(11-19(26)33)22(35)28-15(8-9-18(25)32)21(34)30-17(24(37)38)10-13-4-6-14(31)7-5-13/h4-7,12,15-17,20,31H,3,8-11,27H2,1-2H3,(H2,25,32)(H2,26,33)(H,28,35)(H,29,36)(H,30,34)(H,37,38). The lowest BCUT2D eigenvalue weighted by molar-refractivity contribution is -0.142. The summed E-state index contributed by atoms with van der Waals surface area (Å²) in [6.45, 7) is 3.55. The van der Waals surface area contributed by atoms with E-state index in [-0.39, 0.29) is 30.9 Å². The van der Waals surface area contributed by atoms with Gasteiger partial charge < -0.3 is 43.4 Å².